The molecule has 0 saturated heterocycles. The van der Waals surface area contributed by atoms with Gasteiger partial charge in [0.1, 0.15) is 11.7 Å². The molecule has 1 atom stereocenters. The Morgan fingerprint density at radius 2 is 1.83 bits per heavy atom. The molecule has 0 aromatic heterocycles. The summed E-state index contributed by atoms with van der Waals surface area (Å²) < 4.78 is 13.3. The molecule has 3 rings (SSSR count). The van der Waals surface area contributed by atoms with Gasteiger partial charge in [-0.3, -0.25) is 14.7 Å². The van der Waals surface area contributed by atoms with Gasteiger partial charge >= 0.3 is 0 Å². The van der Waals surface area contributed by atoms with Crippen LogP contribution in [0.2, 0.25) is 0 Å². The Morgan fingerprint density at radius 3 is 2.48 bits per heavy atom. The molecular weight excluding hydrogens is 367 g/mol. The number of carbonyl (C=O) groups excluding carboxylic acids is 1. The van der Waals surface area contributed by atoms with Crippen molar-refractivity contribution in [3.63, 3.8) is 0 Å². The molecule has 1 heterocycles. The lowest BCUT2D eigenvalue weighted by Gasteiger charge is -2.30. The van der Waals surface area contributed by atoms with Crippen LogP contribution in [0.4, 0.5) is 21.5 Å². The number of hydrogen-bond acceptors (Lipinski definition) is 4. The number of halogens is 1. The van der Waals surface area contributed by atoms with Crippen molar-refractivity contribution in [1.82, 2.24) is 4.90 Å². The predicted molar refractivity (Wildman–Crippen MR) is 118 cm³/mol. The van der Waals surface area contributed by atoms with Crippen LogP contribution in [0.5, 0.6) is 0 Å². The standard InChI is InChI=1S/C23H29FN4O/c1-15(2)28(16(3)4)12-11-25-18-6-8-19(9-7-18)26-14-21-20-10-5-17(24)13-22(20)27-23(21)29/h5-10,13-16,21,25H,11-12H2,1-4H3,(H,27,29). The Labute approximate surface area is 172 Å². The SMILES string of the molecule is CC(C)N(CCNc1ccc(N=CC2C(=O)Nc3cc(F)ccc32)cc1)C(C)C. The van der Waals surface area contributed by atoms with Crippen LogP contribution in [-0.4, -0.2) is 42.2 Å². The van der Waals surface area contributed by atoms with Crippen molar-refractivity contribution in [1.29, 1.82) is 0 Å². The van der Waals surface area contributed by atoms with Crippen molar-refractivity contribution in [3.05, 3.63) is 53.8 Å². The summed E-state index contributed by atoms with van der Waals surface area (Å²) in [5.41, 5.74) is 3.07. The number of fused-ring (bicyclic) bond motifs is 1. The molecule has 0 aliphatic carbocycles. The molecule has 2 aromatic carbocycles. The number of nitrogens with one attached hydrogen (secondary N) is 2. The van der Waals surface area contributed by atoms with Gasteiger partial charge in [-0.25, -0.2) is 4.39 Å². The predicted octanol–water partition coefficient (Wildman–Crippen LogP) is 4.79. The summed E-state index contributed by atoms with van der Waals surface area (Å²) >= 11 is 0. The largest absolute Gasteiger partial charge is 0.384 e. The van der Waals surface area contributed by atoms with Gasteiger partial charge < -0.3 is 10.6 Å². The highest BCUT2D eigenvalue weighted by molar-refractivity contribution is 6.12. The molecule has 5 nitrogen and oxygen atoms in total. The molecule has 1 amide bonds. The van der Waals surface area contributed by atoms with Gasteiger partial charge in [0.05, 0.1) is 5.69 Å². The number of benzene rings is 2. The van der Waals surface area contributed by atoms with E-state index in [2.05, 4.69) is 48.2 Å². The molecule has 0 fully saturated rings. The third-order valence-electron chi connectivity index (χ3n) is 5.16. The number of amides is 1. The summed E-state index contributed by atoms with van der Waals surface area (Å²) in [6, 6.07) is 13.2. The van der Waals surface area contributed by atoms with Crippen LogP contribution in [0.1, 0.15) is 39.2 Å². The van der Waals surface area contributed by atoms with E-state index in [1.54, 1.807) is 12.3 Å². The molecule has 0 saturated carbocycles. The van der Waals surface area contributed by atoms with Gasteiger partial charge in [0.15, 0.2) is 0 Å². The lowest BCUT2D eigenvalue weighted by Crippen LogP contribution is -2.40. The number of aliphatic imine (C=N–C) groups is 1. The average Bonchev–Trinajstić information content (AvgIpc) is 2.98. The molecule has 0 spiro atoms. The molecule has 0 bridgehead atoms. The molecule has 0 radical (unpaired) electrons. The Bertz CT molecular complexity index is 869. The first-order chi connectivity index (χ1) is 13.8. The summed E-state index contributed by atoms with van der Waals surface area (Å²) in [5.74, 6) is -1.05. The third-order valence-corrected chi connectivity index (χ3v) is 5.16. The van der Waals surface area contributed by atoms with Crippen LogP contribution in [0.25, 0.3) is 0 Å². The molecule has 154 valence electrons. The second-order valence-corrected chi connectivity index (χ2v) is 7.88. The molecule has 6 heteroatoms. The molecule has 1 aliphatic rings. The number of carbonyl (C=O) groups is 1. The van der Waals surface area contributed by atoms with Crippen molar-refractivity contribution in [3.8, 4) is 0 Å². The van der Waals surface area contributed by atoms with Gasteiger partial charge in [-0.15, -0.1) is 0 Å². The van der Waals surface area contributed by atoms with Crippen molar-refractivity contribution < 1.29 is 9.18 Å². The van der Waals surface area contributed by atoms with Gasteiger partial charge in [-0.2, -0.15) is 0 Å². The highest BCUT2D eigenvalue weighted by Gasteiger charge is 2.29. The number of anilines is 2. The van der Waals surface area contributed by atoms with Crippen LogP contribution >= 0.6 is 0 Å². The van der Waals surface area contributed by atoms with Crippen molar-refractivity contribution >= 4 is 29.2 Å². The van der Waals surface area contributed by atoms with Gasteiger partial charge in [-0.05, 0) is 69.7 Å². The fourth-order valence-electron chi connectivity index (χ4n) is 3.68. The zero-order valence-electron chi connectivity index (χ0n) is 17.4. The van der Waals surface area contributed by atoms with Gasteiger partial charge in [0.25, 0.3) is 0 Å². The van der Waals surface area contributed by atoms with E-state index in [4.69, 9.17) is 0 Å². The van der Waals surface area contributed by atoms with E-state index < -0.39 is 5.92 Å². The minimum Gasteiger partial charge on any atom is -0.384 e. The second-order valence-electron chi connectivity index (χ2n) is 7.88. The molecular formula is C23H29FN4O. The highest BCUT2D eigenvalue weighted by Crippen LogP contribution is 2.32. The van der Waals surface area contributed by atoms with E-state index in [1.165, 1.54) is 12.1 Å². The first kappa shape index (κ1) is 21.0. The second kappa shape index (κ2) is 9.18. The normalized spacial score (nSPS) is 16.1. The van der Waals surface area contributed by atoms with Gasteiger partial charge in [0.2, 0.25) is 5.91 Å². The quantitative estimate of drug-likeness (QED) is 0.631. The Hall–Kier alpha value is -2.73. The fourth-order valence-corrected chi connectivity index (χ4v) is 3.68. The van der Waals surface area contributed by atoms with Crippen molar-refractivity contribution in [2.24, 2.45) is 4.99 Å². The lowest BCUT2D eigenvalue weighted by atomic mass is 10.0. The molecule has 29 heavy (non-hydrogen) atoms. The summed E-state index contributed by atoms with van der Waals surface area (Å²) in [5, 5.41) is 6.14. The van der Waals surface area contributed by atoms with Crippen LogP contribution in [-0.2, 0) is 4.79 Å². The monoisotopic (exact) mass is 396 g/mol. The maximum absolute atomic E-state index is 13.3. The third kappa shape index (κ3) is 5.21. The Morgan fingerprint density at radius 1 is 1.14 bits per heavy atom. The minimum atomic E-state index is -0.499. The summed E-state index contributed by atoms with van der Waals surface area (Å²) in [6.45, 7) is 10.7. The average molecular weight is 397 g/mol. The number of hydrogen-bond donors (Lipinski definition) is 2. The van der Waals surface area contributed by atoms with Gasteiger partial charge in [-0.1, -0.05) is 6.07 Å². The van der Waals surface area contributed by atoms with E-state index in [-0.39, 0.29) is 11.7 Å². The van der Waals surface area contributed by atoms with Crippen LogP contribution < -0.4 is 10.6 Å². The van der Waals surface area contributed by atoms with Gasteiger partial charge in [0, 0.05) is 42.8 Å². The summed E-state index contributed by atoms with van der Waals surface area (Å²) in [6.07, 6.45) is 1.62. The number of nitrogens with zero attached hydrogens (tertiary/aromatic N) is 2. The minimum absolute atomic E-state index is 0.188. The van der Waals surface area contributed by atoms with Crippen LogP contribution in [0.15, 0.2) is 47.5 Å². The molecule has 2 aromatic rings. The topological polar surface area (TPSA) is 56.7 Å². The van der Waals surface area contributed by atoms with E-state index >= 15 is 0 Å². The van der Waals surface area contributed by atoms with E-state index in [0.29, 0.717) is 17.8 Å². The highest BCUT2D eigenvalue weighted by atomic mass is 19.1. The molecule has 1 aliphatic heterocycles. The van der Waals surface area contributed by atoms with Crippen molar-refractivity contribution in [2.45, 2.75) is 45.7 Å². The number of rotatable bonds is 8. The Kier molecular flexibility index (Phi) is 6.64. The van der Waals surface area contributed by atoms with E-state index in [9.17, 15) is 9.18 Å². The zero-order chi connectivity index (χ0) is 21.0. The van der Waals surface area contributed by atoms with Crippen LogP contribution in [0, 0.1) is 5.82 Å². The maximum atomic E-state index is 13.3. The van der Waals surface area contributed by atoms with E-state index in [1.807, 2.05) is 24.3 Å². The smallest absolute Gasteiger partial charge is 0.237 e. The lowest BCUT2D eigenvalue weighted by molar-refractivity contribution is -0.115. The van der Waals surface area contributed by atoms with Crippen LogP contribution in [0.3, 0.4) is 0 Å². The first-order valence-corrected chi connectivity index (χ1v) is 10.1. The maximum Gasteiger partial charge on any atom is 0.237 e. The molecule has 2 N–H and O–H groups in total. The fraction of sp³-hybridized carbons (Fsp3) is 0.391. The molecule has 1 unspecified atom stereocenters. The summed E-state index contributed by atoms with van der Waals surface area (Å²) in [4.78, 5) is 19.0. The zero-order valence-corrected chi connectivity index (χ0v) is 17.4. The Balaban J connectivity index is 1.58. The van der Waals surface area contributed by atoms with E-state index in [0.717, 1.165) is 30.0 Å². The summed E-state index contributed by atoms with van der Waals surface area (Å²) in [7, 11) is 0. The van der Waals surface area contributed by atoms with Crippen molar-refractivity contribution in [2.75, 3.05) is 23.7 Å². The first-order valence-electron chi connectivity index (χ1n) is 10.1.